The number of rotatable bonds is 4. The van der Waals surface area contributed by atoms with Gasteiger partial charge in [-0.25, -0.2) is 9.97 Å². The van der Waals surface area contributed by atoms with Gasteiger partial charge in [-0.1, -0.05) is 6.58 Å². The molecule has 0 aliphatic carbocycles. The lowest BCUT2D eigenvalue weighted by molar-refractivity contribution is 0.103. The van der Waals surface area contributed by atoms with E-state index in [4.69, 9.17) is 4.74 Å². The van der Waals surface area contributed by atoms with Crippen molar-refractivity contribution in [1.82, 2.24) is 15.0 Å². The quantitative estimate of drug-likeness (QED) is 0.663. The third-order valence-corrected chi connectivity index (χ3v) is 2.35. The number of ether oxygens (including phenoxy) is 1. The number of H-pyrrole nitrogens is 1. The van der Waals surface area contributed by atoms with Crippen LogP contribution in [0.2, 0.25) is 0 Å². The fourth-order valence-corrected chi connectivity index (χ4v) is 1.58. The highest BCUT2D eigenvalue weighted by atomic mass is 16.5. The Morgan fingerprint density at radius 2 is 2.22 bits per heavy atom. The van der Waals surface area contributed by atoms with Gasteiger partial charge < -0.3 is 9.72 Å². The largest absolute Gasteiger partial charge is 0.474 e. The molecule has 94 valence electrons. The lowest BCUT2D eigenvalue weighted by Gasteiger charge is -2.07. The summed E-state index contributed by atoms with van der Waals surface area (Å²) in [6, 6.07) is 0. The summed E-state index contributed by atoms with van der Waals surface area (Å²) >= 11 is 0. The Kier molecular flexibility index (Phi) is 3.14. The maximum absolute atomic E-state index is 11.9. The van der Waals surface area contributed by atoms with Crippen LogP contribution in [0.1, 0.15) is 31.1 Å². The lowest BCUT2D eigenvalue weighted by atomic mass is 10.1. The summed E-state index contributed by atoms with van der Waals surface area (Å²) in [5.74, 6) is 0.269. The molecule has 0 saturated carbocycles. The van der Waals surface area contributed by atoms with E-state index in [0.717, 1.165) is 0 Å². The lowest BCUT2D eigenvalue weighted by Crippen LogP contribution is -2.07. The van der Waals surface area contributed by atoms with Crippen molar-refractivity contribution in [3.05, 3.63) is 30.1 Å². The first-order chi connectivity index (χ1) is 8.49. The van der Waals surface area contributed by atoms with Crippen molar-refractivity contribution in [3.8, 4) is 5.88 Å². The summed E-state index contributed by atoms with van der Waals surface area (Å²) in [4.78, 5) is 23.3. The van der Waals surface area contributed by atoms with Crippen molar-refractivity contribution in [3.63, 3.8) is 0 Å². The minimum absolute atomic E-state index is 0.0102. The van der Waals surface area contributed by atoms with Gasteiger partial charge in [0.05, 0.1) is 17.9 Å². The first-order valence-electron chi connectivity index (χ1n) is 5.70. The Bertz CT molecular complexity index is 614. The van der Waals surface area contributed by atoms with E-state index in [9.17, 15) is 4.79 Å². The van der Waals surface area contributed by atoms with Gasteiger partial charge in [-0.15, -0.1) is 0 Å². The standard InChI is InChI=1S/C13H15N3O2/c1-7(2)12(17)9-5-14-13-11(9)16-10(6-15-13)18-8(3)4/h5-6,8H,1H2,2-4H3,(H,14,15). The Labute approximate surface area is 105 Å². The van der Waals surface area contributed by atoms with E-state index in [2.05, 4.69) is 21.5 Å². The second kappa shape index (κ2) is 4.60. The highest BCUT2D eigenvalue weighted by Crippen LogP contribution is 2.20. The molecule has 5 nitrogen and oxygen atoms in total. The van der Waals surface area contributed by atoms with Gasteiger partial charge in [0, 0.05) is 6.20 Å². The van der Waals surface area contributed by atoms with E-state index in [0.29, 0.717) is 28.2 Å². The number of fused-ring (bicyclic) bond motifs is 1. The zero-order valence-electron chi connectivity index (χ0n) is 10.7. The molecule has 2 rings (SSSR count). The van der Waals surface area contributed by atoms with Crippen molar-refractivity contribution < 1.29 is 9.53 Å². The van der Waals surface area contributed by atoms with E-state index < -0.39 is 0 Å². The highest BCUT2D eigenvalue weighted by Gasteiger charge is 2.15. The van der Waals surface area contributed by atoms with E-state index in [1.54, 1.807) is 13.1 Å². The van der Waals surface area contributed by atoms with Crippen molar-refractivity contribution >= 4 is 16.9 Å². The van der Waals surface area contributed by atoms with Crippen LogP contribution in [-0.2, 0) is 0 Å². The second-order valence-corrected chi connectivity index (χ2v) is 4.38. The zero-order valence-corrected chi connectivity index (χ0v) is 10.7. The van der Waals surface area contributed by atoms with Crippen LogP contribution in [0.25, 0.3) is 11.2 Å². The average Bonchev–Trinajstić information content (AvgIpc) is 2.70. The van der Waals surface area contributed by atoms with Gasteiger partial charge in [0.2, 0.25) is 5.88 Å². The molecule has 0 aliphatic heterocycles. The molecule has 0 bridgehead atoms. The van der Waals surface area contributed by atoms with E-state index in [1.165, 1.54) is 6.20 Å². The first-order valence-corrected chi connectivity index (χ1v) is 5.70. The van der Waals surface area contributed by atoms with Crippen LogP contribution in [-0.4, -0.2) is 26.8 Å². The molecule has 0 saturated heterocycles. The predicted octanol–water partition coefficient (Wildman–Crippen LogP) is 2.50. The summed E-state index contributed by atoms with van der Waals surface area (Å²) in [7, 11) is 0. The van der Waals surface area contributed by atoms with Gasteiger partial charge >= 0.3 is 0 Å². The second-order valence-electron chi connectivity index (χ2n) is 4.38. The number of aromatic amines is 1. The maximum Gasteiger partial charge on any atom is 0.233 e. The molecular weight excluding hydrogens is 230 g/mol. The first kappa shape index (κ1) is 12.3. The molecule has 2 aromatic rings. The number of Topliss-reactive ketones (excluding diaryl/α,β-unsaturated/α-hetero) is 1. The van der Waals surface area contributed by atoms with E-state index >= 15 is 0 Å². The van der Waals surface area contributed by atoms with Crippen LogP contribution in [0, 0.1) is 0 Å². The molecule has 2 aromatic heterocycles. The van der Waals surface area contributed by atoms with Crippen LogP contribution < -0.4 is 4.74 Å². The molecule has 0 fully saturated rings. The number of carbonyl (C=O) groups excluding carboxylic acids is 1. The van der Waals surface area contributed by atoms with Crippen molar-refractivity contribution in [2.24, 2.45) is 0 Å². The molecule has 0 atom stereocenters. The van der Waals surface area contributed by atoms with Gasteiger partial charge in [-0.3, -0.25) is 4.79 Å². The van der Waals surface area contributed by atoms with Crippen LogP contribution in [0.5, 0.6) is 5.88 Å². The third kappa shape index (κ3) is 2.25. The molecule has 0 unspecified atom stereocenters. The Morgan fingerprint density at radius 3 is 2.83 bits per heavy atom. The van der Waals surface area contributed by atoms with Crippen LogP contribution in [0.15, 0.2) is 24.5 Å². The Morgan fingerprint density at radius 1 is 1.50 bits per heavy atom. The van der Waals surface area contributed by atoms with Gasteiger partial charge in [0.15, 0.2) is 11.4 Å². The monoisotopic (exact) mass is 245 g/mol. The number of allylic oxidation sites excluding steroid dienone is 1. The Hall–Kier alpha value is -2.17. The van der Waals surface area contributed by atoms with E-state index in [1.807, 2.05) is 13.8 Å². The molecule has 18 heavy (non-hydrogen) atoms. The normalized spacial score (nSPS) is 10.9. The van der Waals surface area contributed by atoms with Crippen molar-refractivity contribution in [2.75, 3.05) is 0 Å². The number of hydrogen-bond acceptors (Lipinski definition) is 4. The van der Waals surface area contributed by atoms with Crippen molar-refractivity contribution in [2.45, 2.75) is 26.9 Å². The number of ketones is 1. The molecule has 0 radical (unpaired) electrons. The zero-order chi connectivity index (χ0) is 13.3. The van der Waals surface area contributed by atoms with Gasteiger partial charge in [-0.2, -0.15) is 0 Å². The van der Waals surface area contributed by atoms with Gasteiger partial charge in [0.1, 0.15) is 5.52 Å². The maximum atomic E-state index is 11.9. The summed E-state index contributed by atoms with van der Waals surface area (Å²) in [6.45, 7) is 9.13. The molecule has 2 heterocycles. The molecule has 0 aliphatic rings. The van der Waals surface area contributed by atoms with Crippen LogP contribution in [0.3, 0.4) is 0 Å². The number of aromatic nitrogens is 3. The summed E-state index contributed by atoms with van der Waals surface area (Å²) < 4.78 is 5.47. The molecule has 0 amide bonds. The van der Waals surface area contributed by atoms with Gasteiger partial charge in [-0.05, 0) is 26.3 Å². The molecular formula is C13H15N3O2. The topological polar surface area (TPSA) is 67.9 Å². The summed E-state index contributed by atoms with van der Waals surface area (Å²) in [6.07, 6.45) is 3.14. The predicted molar refractivity (Wildman–Crippen MR) is 68.8 cm³/mol. The number of carbonyl (C=O) groups is 1. The SMILES string of the molecule is C=C(C)C(=O)c1c[nH]c2ncc(OC(C)C)nc12. The fourth-order valence-electron chi connectivity index (χ4n) is 1.58. The van der Waals surface area contributed by atoms with E-state index in [-0.39, 0.29) is 11.9 Å². The number of nitrogens with zero attached hydrogens (tertiary/aromatic N) is 2. The fraction of sp³-hybridized carbons (Fsp3) is 0.308. The summed E-state index contributed by atoms with van der Waals surface area (Å²) in [5, 5.41) is 0. The minimum atomic E-state index is -0.141. The molecule has 0 spiro atoms. The highest BCUT2D eigenvalue weighted by molar-refractivity contribution is 6.14. The number of hydrogen-bond donors (Lipinski definition) is 1. The molecule has 1 N–H and O–H groups in total. The van der Waals surface area contributed by atoms with Crippen LogP contribution in [0.4, 0.5) is 0 Å². The van der Waals surface area contributed by atoms with Gasteiger partial charge in [0.25, 0.3) is 0 Å². The average molecular weight is 245 g/mol. The number of nitrogens with one attached hydrogen (secondary N) is 1. The van der Waals surface area contributed by atoms with Crippen LogP contribution >= 0.6 is 0 Å². The summed E-state index contributed by atoms with van der Waals surface area (Å²) in [5.41, 5.74) is 2.02. The minimum Gasteiger partial charge on any atom is -0.474 e. The Balaban J connectivity index is 2.49. The smallest absolute Gasteiger partial charge is 0.233 e. The third-order valence-electron chi connectivity index (χ3n) is 2.35. The van der Waals surface area contributed by atoms with Crippen molar-refractivity contribution in [1.29, 1.82) is 0 Å². The molecule has 0 aromatic carbocycles. The molecule has 5 heteroatoms.